The van der Waals surface area contributed by atoms with Crippen molar-refractivity contribution in [2.24, 2.45) is 0 Å². The Morgan fingerprint density at radius 2 is 1.28 bits per heavy atom. The van der Waals surface area contributed by atoms with Gasteiger partial charge in [-0.25, -0.2) is 0 Å². The molecule has 0 aliphatic carbocycles. The van der Waals surface area contributed by atoms with E-state index in [1.54, 1.807) is 7.11 Å². The minimum atomic E-state index is -1.36. The van der Waals surface area contributed by atoms with E-state index < -0.39 is 8.38 Å². The van der Waals surface area contributed by atoms with Crippen molar-refractivity contribution in [3.05, 3.63) is 119 Å². The van der Waals surface area contributed by atoms with E-state index in [-0.39, 0.29) is 6.79 Å². The van der Waals surface area contributed by atoms with E-state index in [4.69, 9.17) is 23.3 Å². The number of para-hydroxylation sites is 2. The third-order valence-corrected chi connectivity index (χ3v) is 7.49. The van der Waals surface area contributed by atoms with Gasteiger partial charge >= 0.3 is 8.38 Å². The second-order valence-electron chi connectivity index (χ2n) is 9.70. The molecule has 0 fully saturated rings. The summed E-state index contributed by atoms with van der Waals surface area (Å²) in [6.07, 6.45) is 1.14. The summed E-state index contributed by atoms with van der Waals surface area (Å²) in [6, 6.07) is 30.0. The Morgan fingerprint density at radius 1 is 0.692 bits per heavy atom. The van der Waals surface area contributed by atoms with Crippen LogP contribution in [0.4, 0.5) is 0 Å². The molecule has 39 heavy (non-hydrogen) atoms. The summed E-state index contributed by atoms with van der Waals surface area (Å²) in [5.41, 5.74) is 6.11. The fourth-order valence-corrected chi connectivity index (χ4v) is 5.44. The maximum Gasteiger partial charge on any atom is 0.331 e. The van der Waals surface area contributed by atoms with Gasteiger partial charge in [-0.2, -0.15) is 0 Å². The molecule has 0 atom stereocenters. The fraction of sp³-hybridized carbons (Fsp3) is 0.273. The molecule has 6 heteroatoms. The average molecular weight is 545 g/mol. The monoisotopic (exact) mass is 544 g/mol. The van der Waals surface area contributed by atoms with Crippen molar-refractivity contribution in [2.75, 3.05) is 20.3 Å². The molecule has 0 aliphatic rings. The van der Waals surface area contributed by atoms with Gasteiger partial charge in [-0.1, -0.05) is 62.4 Å². The minimum Gasteiger partial charge on any atom is -0.482 e. The van der Waals surface area contributed by atoms with Crippen LogP contribution >= 0.6 is 8.38 Å². The molecule has 0 N–H and O–H groups in total. The van der Waals surface area contributed by atoms with Gasteiger partial charge in [0.1, 0.15) is 23.0 Å². The molecule has 0 saturated carbocycles. The van der Waals surface area contributed by atoms with Gasteiger partial charge in [0.05, 0.1) is 0 Å². The summed E-state index contributed by atoms with van der Waals surface area (Å²) >= 11 is 0. The molecule has 0 saturated heterocycles. The van der Waals surface area contributed by atoms with Crippen LogP contribution in [0.2, 0.25) is 0 Å². The third-order valence-electron chi connectivity index (χ3n) is 6.32. The topological polar surface area (TPSA) is 46.2 Å². The van der Waals surface area contributed by atoms with Crippen molar-refractivity contribution in [1.29, 1.82) is 0 Å². The zero-order valence-electron chi connectivity index (χ0n) is 23.3. The lowest BCUT2D eigenvalue weighted by atomic mass is 9.93. The Hall–Kier alpha value is -3.53. The first kappa shape index (κ1) is 28.5. The summed E-state index contributed by atoms with van der Waals surface area (Å²) in [7, 11) is 0.271. The zero-order valence-corrected chi connectivity index (χ0v) is 24.2. The molecular weight excluding hydrogens is 507 g/mol. The molecular formula is C33H37O5P. The second-order valence-corrected chi connectivity index (χ2v) is 11.0. The first-order chi connectivity index (χ1) is 18.9. The SMILES string of the molecule is COCOc1ccc(Cc2c(C)cc(OCP(Oc3ccccc3)Oc3ccccc3)cc2C)cc1C(C)C. The summed E-state index contributed by atoms with van der Waals surface area (Å²) in [4.78, 5) is 0. The Balaban J connectivity index is 1.47. The van der Waals surface area contributed by atoms with Crippen LogP contribution in [0.5, 0.6) is 23.0 Å². The van der Waals surface area contributed by atoms with E-state index in [1.165, 1.54) is 27.8 Å². The Labute approximate surface area is 233 Å². The van der Waals surface area contributed by atoms with Gasteiger partial charge in [0, 0.05) is 7.11 Å². The highest BCUT2D eigenvalue weighted by Crippen LogP contribution is 2.41. The van der Waals surface area contributed by atoms with Crippen LogP contribution in [0, 0.1) is 13.8 Å². The first-order valence-electron chi connectivity index (χ1n) is 13.1. The average Bonchev–Trinajstić information content (AvgIpc) is 2.94. The smallest absolute Gasteiger partial charge is 0.331 e. The summed E-state index contributed by atoms with van der Waals surface area (Å²) in [5.74, 6) is 3.54. The van der Waals surface area contributed by atoms with E-state index >= 15 is 0 Å². The van der Waals surface area contributed by atoms with Gasteiger partial charge in [-0.05, 0) is 96.5 Å². The molecule has 0 aliphatic heterocycles. The predicted molar refractivity (Wildman–Crippen MR) is 158 cm³/mol. The van der Waals surface area contributed by atoms with Gasteiger partial charge in [0.2, 0.25) is 0 Å². The van der Waals surface area contributed by atoms with Crippen molar-refractivity contribution < 1.29 is 23.3 Å². The molecule has 0 aromatic heterocycles. The highest BCUT2D eigenvalue weighted by molar-refractivity contribution is 7.47. The standard InChI is InChI=1S/C33H37O5P/c1-24(2)31-20-27(16-17-33(31)35-22-34-5)21-32-25(3)18-30(19-26(32)4)36-23-39(37-28-12-8-6-9-13-28)38-29-14-10-7-11-15-29/h6-20,24H,21-23H2,1-5H3. The van der Waals surface area contributed by atoms with Crippen LogP contribution in [0.1, 0.15) is 47.6 Å². The molecule has 204 valence electrons. The van der Waals surface area contributed by atoms with E-state index in [0.29, 0.717) is 12.3 Å². The van der Waals surface area contributed by atoms with Gasteiger partial charge in [-0.15, -0.1) is 0 Å². The Morgan fingerprint density at radius 3 is 1.82 bits per heavy atom. The summed E-state index contributed by atoms with van der Waals surface area (Å²) < 4.78 is 29.4. The molecule has 0 radical (unpaired) electrons. The van der Waals surface area contributed by atoms with Crippen molar-refractivity contribution in [1.82, 2.24) is 0 Å². The van der Waals surface area contributed by atoms with E-state index in [2.05, 4.69) is 52.0 Å². The molecule has 4 aromatic carbocycles. The normalized spacial score (nSPS) is 11.1. The van der Waals surface area contributed by atoms with Crippen LogP contribution in [-0.4, -0.2) is 20.3 Å². The number of ether oxygens (including phenoxy) is 3. The van der Waals surface area contributed by atoms with Crippen molar-refractivity contribution in [3.63, 3.8) is 0 Å². The summed E-state index contributed by atoms with van der Waals surface area (Å²) in [6.45, 7) is 8.88. The maximum atomic E-state index is 6.23. The van der Waals surface area contributed by atoms with Crippen LogP contribution in [0.25, 0.3) is 0 Å². The first-order valence-corrected chi connectivity index (χ1v) is 14.5. The van der Waals surface area contributed by atoms with Crippen molar-refractivity contribution in [3.8, 4) is 23.0 Å². The van der Waals surface area contributed by atoms with E-state index in [1.807, 2.05) is 66.7 Å². The Bertz CT molecular complexity index is 1260. The van der Waals surface area contributed by atoms with E-state index in [9.17, 15) is 0 Å². The van der Waals surface area contributed by atoms with Gasteiger partial charge in [0.15, 0.2) is 13.1 Å². The number of methoxy groups -OCH3 is 1. The maximum absolute atomic E-state index is 6.23. The summed E-state index contributed by atoms with van der Waals surface area (Å²) in [5, 5.41) is 0. The minimum absolute atomic E-state index is 0.244. The highest BCUT2D eigenvalue weighted by atomic mass is 31.2. The highest BCUT2D eigenvalue weighted by Gasteiger charge is 2.18. The third kappa shape index (κ3) is 8.23. The fourth-order valence-electron chi connectivity index (χ4n) is 4.33. The van der Waals surface area contributed by atoms with E-state index in [0.717, 1.165) is 29.4 Å². The molecule has 0 amide bonds. The second kappa shape index (κ2) is 14.0. The molecule has 5 nitrogen and oxygen atoms in total. The molecule has 0 bridgehead atoms. The van der Waals surface area contributed by atoms with Crippen LogP contribution in [-0.2, 0) is 11.2 Å². The van der Waals surface area contributed by atoms with Crippen LogP contribution in [0.15, 0.2) is 91.0 Å². The molecule has 0 unspecified atom stereocenters. The van der Waals surface area contributed by atoms with Crippen molar-refractivity contribution in [2.45, 2.75) is 40.0 Å². The predicted octanol–water partition coefficient (Wildman–Crippen LogP) is 8.81. The Kier molecular flexibility index (Phi) is 10.2. The zero-order chi connectivity index (χ0) is 27.6. The number of rotatable bonds is 13. The van der Waals surface area contributed by atoms with Gasteiger partial charge in [0.25, 0.3) is 0 Å². The van der Waals surface area contributed by atoms with Gasteiger partial charge < -0.3 is 23.3 Å². The lowest BCUT2D eigenvalue weighted by Crippen LogP contribution is -2.06. The van der Waals surface area contributed by atoms with Gasteiger partial charge in [-0.3, -0.25) is 0 Å². The molecule has 0 spiro atoms. The van der Waals surface area contributed by atoms with Crippen molar-refractivity contribution >= 4 is 8.38 Å². The molecule has 4 aromatic rings. The number of benzene rings is 4. The quantitative estimate of drug-likeness (QED) is 0.124. The number of hydrogen-bond donors (Lipinski definition) is 0. The van der Waals surface area contributed by atoms with Crippen LogP contribution < -0.4 is 18.5 Å². The lowest BCUT2D eigenvalue weighted by Gasteiger charge is -2.20. The number of hydrogen-bond acceptors (Lipinski definition) is 5. The lowest BCUT2D eigenvalue weighted by molar-refractivity contribution is 0.0502. The largest absolute Gasteiger partial charge is 0.482 e. The molecule has 4 rings (SSSR count). The molecule has 0 heterocycles. The number of aryl methyl sites for hydroxylation is 2. The van der Waals surface area contributed by atoms with Crippen LogP contribution in [0.3, 0.4) is 0 Å².